The van der Waals surface area contributed by atoms with Gasteiger partial charge < -0.3 is 30.9 Å². The van der Waals surface area contributed by atoms with E-state index in [0.717, 1.165) is 55.3 Å². The summed E-state index contributed by atoms with van der Waals surface area (Å²) >= 11 is 0. The Balaban J connectivity index is 0.814. The lowest BCUT2D eigenvalue weighted by atomic mass is 9.95. The van der Waals surface area contributed by atoms with Gasteiger partial charge >= 0.3 is 6.18 Å². The monoisotopic (exact) mass is 975 g/mol. The van der Waals surface area contributed by atoms with Gasteiger partial charge in [-0.15, -0.1) is 0 Å². The number of nitrogens with zero attached hydrogens (tertiary/aromatic N) is 6. The van der Waals surface area contributed by atoms with Crippen LogP contribution in [0.4, 0.5) is 30.5 Å². The highest BCUT2D eigenvalue weighted by molar-refractivity contribution is 6.23. The molecule has 71 heavy (non-hydrogen) atoms. The highest BCUT2D eigenvalue weighted by Crippen LogP contribution is 2.35. The fourth-order valence-electron chi connectivity index (χ4n) is 9.16. The van der Waals surface area contributed by atoms with Crippen LogP contribution < -0.4 is 26.6 Å². The average Bonchev–Trinajstić information content (AvgIpc) is 3.89. The highest BCUT2D eigenvalue weighted by Gasteiger charge is 2.45. The summed E-state index contributed by atoms with van der Waals surface area (Å²) in [4.78, 5) is 103. The molecule has 19 nitrogen and oxygen atoms in total. The number of benzene rings is 2. The molecule has 22 heteroatoms. The van der Waals surface area contributed by atoms with Crippen LogP contribution in [0, 0.1) is 0 Å². The Labute approximate surface area is 403 Å². The van der Waals surface area contributed by atoms with Crippen LogP contribution in [0.25, 0.3) is 28.2 Å². The number of imide groups is 2. The number of fused-ring (bicyclic) bond motifs is 2. The first-order valence-corrected chi connectivity index (χ1v) is 23.1. The molecule has 2 aromatic carbocycles. The number of piperidine rings is 1. The minimum atomic E-state index is -4.60. The lowest BCUT2D eigenvalue weighted by Gasteiger charge is -2.40. The van der Waals surface area contributed by atoms with Gasteiger partial charge in [-0.3, -0.25) is 48.9 Å². The molecule has 3 fully saturated rings. The second-order valence-corrected chi connectivity index (χ2v) is 17.8. The molecule has 0 bridgehead atoms. The Morgan fingerprint density at radius 3 is 2.44 bits per heavy atom. The Hall–Kier alpha value is -8.01. The third-order valence-corrected chi connectivity index (χ3v) is 13.0. The van der Waals surface area contributed by atoms with Crippen molar-refractivity contribution in [3.8, 4) is 11.3 Å². The topological polar surface area (TPSA) is 255 Å². The first kappa shape index (κ1) is 48.0. The van der Waals surface area contributed by atoms with Crippen LogP contribution in [0.5, 0.6) is 0 Å². The molecule has 3 aliphatic heterocycles. The highest BCUT2D eigenvalue weighted by atomic mass is 19.4. The molecule has 1 saturated carbocycles. The maximum atomic E-state index is 13.7. The molecular formula is C49H48F3N11O8. The van der Waals surface area contributed by atoms with E-state index in [-0.39, 0.29) is 84.8 Å². The summed E-state index contributed by atoms with van der Waals surface area (Å²) < 4.78 is 45.5. The van der Waals surface area contributed by atoms with Crippen molar-refractivity contribution < 1.29 is 51.5 Å². The van der Waals surface area contributed by atoms with Crippen LogP contribution in [0.2, 0.25) is 0 Å². The van der Waals surface area contributed by atoms with Crippen molar-refractivity contribution in [1.82, 2.24) is 40.6 Å². The number of alkyl halides is 3. The van der Waals surface area contributed by atoms with Crippen molar-refractivity contribution in [3.63, 3.8) is 0 Å². The zero-order chi connectivity index (χ0) is 50.0. The van der Waals surface area contributed by atoms with E-state index in [1.54, 1.807) is 42.6 Å². The Bertz CT molecular complexity index is 2970. The zero-order valence-corrected chi connectivity index (χ0v) is 38.1. The number of nitrogens with one attached hydrogen (secondary N) is 4. The van der Waals surface area contributed by atoms with Crippen molar-refractivity contribution >= 4 is 75.7 Å². The quantitative estimate of drug-likeness (QED) is 0.0880. The molecule has 0 radical (unpaired) electrons. The number of aromatic amines is 1. The average molecular weight is 976 g/mol. The number of carbonyl (C=O) groups is 7. The van der Waals surface area contributed by atoms with Crippen LogP contribution in [0.3, 0.4) is 0 Å². The molecule has 4 aliphatic rings. The summed E-state index contributed by atoms with van der Waals surface area (Å²) in [6.45, 7) is 0.518. The predicted molar refractivity (Wildman–Crippen MR) is 251 cm³/mol. The standard InChI is InChI=1S/C49H48F3N11O8/c50-49(51,52)30-17-18-54-37(20-30)57-45(67)28-11-9-27(10-12-28)42-41-43(60-59-42)29(22-55-44(41)53)6-4-5-19-61(25-39(65)56-31-7-2-1-3-8-31)40(66)26-71-33-23-62(24-33)32-13-14-34-35(21-32)48(70)63(47(34)69)36-15-16-38(64)58-46(36)68/h4,6,9-14,17-18,20-22,31,33,36H,1-3,5,7-8,15-16,19,23-26H2,(H2,53,55)(H,56,65)(H,59,60)(H,54,57,67)(H,58,64,68)/b6-4+. The molecule has 6 N–H and O–H groups in total. The van der Waals surface area contributed by atoms with E-state index >= 15 is 0 Å². The van der Waals surface area contributed by atoms with Gasteiger partial charge in [0.2, 0.25) is 23.6 Å². The number of pyridine rings is 2. The predicted octanol–water partition coefficient (Wildman–Crippen LogP) is 4.86. The molecule has 9 rings (SSSR count). The molecule has 2 saturated heterocycles. The molecule has 7 amide bonds. The molecule has 0 spiro atoms. The number of halogens is 3. The Kier molecular flexibility index (Phi) is 13.6. The van der Waals surface area contributed by atoms with Crippen molar-refractivity contribution in [3.05, 3.63) is 101 Å². The van der Waals surface area contributed by atoms with E-state index < -0.39 is 47.3 Å². The van der Waals surface area contributed by atoms with Crippen molar-refractivity contribution in [2.75, 3.05) is 48.7 Å². The number of hydrogen-bond acceptors (Lipinski definition) is 13. The summed E-state index contributed by atoms with van der Waals surface area (Å²) in [6, 6.07) is 11.6. The van der Waals surface area contributed by atoms with E-state index in [9.17, 15) is 46.7 Å². The number of nitrogens with two attached hydrogens (primary N) is 1. The normalized spacial score (nSPS) is 17.6. The molecular weight excluding hydrogens is 928 g/mol. The number of carbonyl (C=O) groups excluding carboxylic acids is 7. The van der Waals surface area contributed by atoms with E-state index in [2.05, 4.69) is 36.1 Å². The van der Waals surface area contributed by atoms with Gasteiger partial charge in [-0.2, -0.15) is 18.3 Å². The Morgan fingerprint density at radius 1 is 0.930 bits per heavy atom. The minimum absolute atomic E-state index is 0.0178. The van der Waals surface area contributed by atoms with Gasteiger partial charge in [-0.1, -0.05) is 43.5 Å². The third kappa shape index (κ3) is 10.5. The maximum absolute atomic E-state index is 13.7. The fourth-order valence-corrected chi connectivity index (χ4v) is 9.16. The van der Waals surface area contributed by atoms with Gasteiger partial charge in [-0.25, -0.2) is 9.97 Å². The van der Waals surface area contributed by atoms with Crippen molar-refractivity contribution in [2.45, 2.75) is 75.7 Å². The molecule has 368 valence electrons. The number of rotatable bonds is 15. The summed E-state index contributed by atoms with van der Waals surface area (Å²) in [6.07, 6.45) is 6.53. The largest absolute Gasteiger partial charge is 0.416 e. The number of ether oxygens (including phenoxy) is 1. The van der Waals surface area contributed by atoms with E-state index in [0.29, 0.717) is 52.9 Å². The molecule has 1 aliphatic carbocycles. The first-order valence-electron chi connectivity index (χ1n) is 23.1. The van der Waals surface area contributed by atoms with Crippen LogP contribution in [-0.2, 0) is 30.1 Å². The molecule has 3 aromatic heterocycles. The minimum Gasteiger partial charge on any atom is -0.383 e. The summed E-state index contributed by atoms with van der Waals surface area (Å²) in [5, 5.41) is 15.6. The molecule has 6 heterocycles. The zero-order valence-electron chi connectivity index (χ0n) is 38.1. The van der Waals surface area contributed by atoms with E-state index in [4.69, 9.17) is 10.5 Å². The molecule has 5 aromatic rings. The number of aromatic nitrogens is 4. The number of nitrogen functional groups attached to an aromatic ring is 1. The van der Waals surface area contributed by atoms with Crippen molar-refractivity contribution in [1.29, 1.82) is 0 Å². The van der Waals surface area contributed by atoms with E-state index in [1.165, 1.54) is 17.0 Å². The van der Waals surface area contributed by atoms with Crippen LogP contribution >= 0.6 is 0 Å². The lowest BCUT2D eigenvalue weighted by molar-refractivity contribution is -0.142. The van der Waals surface area contributed by atoms with Gasteiger partial charge in [0, 0.05) is 66.9 Å². The van der Waals surface area contributed by atoms with Gasteiger partial charge in [0.15, 0.2) is 0 Å². The Morgan fingerprint density at radius 2 is 1.69 bits per heavy atom. The van der Waals surface area contributed by atoms with E-state index in [1.807, 2.05) is 11.0 Å². The number of amides is 7. The first-order chi connectivity index (χ1) is 34.1. The SMILES string of the molecule is Nc1ncc(/C=C/CCN(CC(=O)NC2CCCCC2)C(=O)COC2CN(c3ccc4c(c3)C(=O)N(C3CCC(=O)NC3=O)C4=O)C2)c2n[nH]c(-c3ccc(C(=O)Nc4cc(C(F)(F)F)ccn4)cc3)c12. The number of anilines is 3. The number of H-pyrrole nitrogens is 1. The van der Waals surface area contributed by atoms with Crippen molar-refractivity contribution in [2.24, 2.45) is 0 Å². The van der Waals surface area contributed by atoms with Gasteiger partial charge in [0.1, 0.15) is 29.8 Å². The fraction of sp³-hybridized carbons (Fsp3) is 0.347. The smallest absolute Gasteiger partial charge is 0.383 e. The lowest BCUT2D eigenvalue weighted by Crippen LogP contribution is -2.54. The molecule has 1 atom stereocenters. The van der Waals surface area contributed by atoms with Gasteiger partial charge in [0.05, 0.1) is 40.4 Å². The van der Waals surface area contributed by atoms with Gasteiger partial charge in [-0.05, 0) is 68.1 Å². The van der Waals surface area contributed by atoms with Gasteiger partial charge in [0.25, 0.3) is 17.7 Å². The van der Waals surface area contributed by atoms with Crippen LogP contribution in [-0.4, -0.2) is 122 Å². The summed E-state index contributed by atoms with van der Waals surface area (Å²) in [7, 11) is 0. The summed E-state index contributed by atoms with van der Waals surface area (Å²) in [5.74, 6) is -3.71. The molecule has 1 unspecified atom stereocenters. The number of hydrogen-bond donors (Lipinski definition) is 5. The summed E-state index contributed by atoms with van der Waals surface area (Å²) in [5.41, 5.74) is 8.77. The second-order valence-electron chi connectivity index (χ2n) is 17.8. The maximum Gasteiger partial charge on any atom is 0.416 e. The second kappa shape index (κ2) is 20.1. The van der Waals surface area contributed by atoms with Crippen LogP contribution in [0.15, 0.2) is 73.1 Å². The van der Waals surface area contributed by atoms with Crippen LogP contribution in [0.1, 0.15) is 93.6 Å². The third-order valence-electron chi connectivity index (χ3n) is 13.0.